The quantitative estimate of drug-likeness (QED) is 0.788. The maximum Gasteiger partial charge on any atom is 0.163 e. The van der Waals surface area contributed by atoms with Gasteiger partial charge in [-0.15, -0.1) is 0 Å². The Morgan fingerprint density at radius 3 is 2.12 bits per heavy atom. The van der Waals surface area contributed by atoms with Crippen molar-refractivity contribution in [3.8, 4) is 11.5 Å². The van der Waals surface area contributed by atoms with Crippen molar-refractivity contribution in [3.63, 3.8) is 0 Å². The molecule has 3 heteroatoms. The second-order valence-corrected chi connectivity index (χ2v) is 4.71. The molecule has 17 heavy (non-hydrogen) atoms. The van der Waals surface area contributed by atoms with Crippen LogP contribution in [0, 0.1) is 0 Å². The summed E-state index contributed by atoms with van der Waals surface area (Å²) in [5.74, 6) is -0.301. The van der Waals surface area contributed by atoms with E-state index in [9.17, 15) is 15.0 Å². The van der Waals surface area contributed by atoms with Crippen molar-refractivity contribution in [1.29, 1.82) is 0 Å². The van der Waals surface area contributed by atoms with E-state index in [1.165, 1.54) is 13.0 Å². The van der Waals surface area contributed by atoms with E-state index in [4.69, 9.17) is 0 Å². The molecule has 1 rings (SSSR count). The first-order chi connectivity index (χ1) is 7.85. The molecule has 94 valence electrons. The maximum atomic E-state index is 11.4. The zero-order chi connectivity index (χ0) is 13.2. The number of phenolic OH excluding ortho intramolecular Hbond substituents is 2. The minimum Gasteiger partial charge on any atom is -0.508 e. The van der Waals surface area contributed by atoms with Crippen LogP contribution in [0.25, 0.3) is 0 Å². The molecular formula is C14H20O3. The summed E-state index contributed by atoms with van der Waals surface area (Å²) in [4.78, 5) is 11.4. The highest BCUT2D eigenvalue weighted by molar-refractivity contribution is 5.97. The molecule has 3 nitrogen and oxygen atoms in total. The molecule has 2 N–H and O–H groups in total. The molecule has 0 aromatic heterocycles. The summed E-state index contributed by atoms with van der Waals surface area (Å²) < 4.78 is 0. The monoisotopic (exact) mass is 236 g/mol. The van der Waals surface area contributed by atoms with Crippen LogP contribution < -0.4 is 0 Å². The molecule has 0 radical (unpaired) electrons. The Morgan fingerprint density at radius 1 is 1.18 bits per heavy atom. The molecule has 0 aliphatic carbocycles. The van der Waals surface area contributed by atoms with Crippen molar-refractivity contribution in [1.82, 2.24) is 0 Å². The summed E-state index contributed by atoms with van der Waals surface area (Å²) in [5, 5.41) is 19.5. The van der Waals surface area contributed by atoms with Crippen LogP contribution in [0.15, 0.2) is 12.1 Å². The molecule has 0 heterocycles. The van der Waals surface area contributed by atoms with Crippen LogP contribution in [0.5, 0.6) is 11.5 Å². The van der Waals surface area contributed by atoms with Crippen LogP contribution in [-0.2, 0) is 5.41 Å². The predicted molar refractivity (Wildman–Crippen MR) is 67.7 cm³/mol. The fraction of sp³-hybridized carbons (Fsp3) is 0.500. The van der Waals surface area contributed by atoms with E-state index in [1.807, 2.05) is 20.8 Å². The fourth-order valence-corrected chi connectivity index (χ4v) is 1.97. The molecular weight excluding hydrogens is 216 g/mol. The SMILES string of the molecule is CCC(C)(CC)c1cc(C(C)=O)c(O)cc1O. The Labute approximate surface area is 102 Å². The van der Waals surface area contributed by atoms with Crippen molar-refractivity contribution in [2.24, 2.45) is 0 Å². The summed E-state index contributed by atoms with van der Waals surface area (Å²) >= 11 is 0. The number of rotatable bonds is 4. The standard InChI is InChI=1S/C14H20O3/c1-5-14(4,6-2)11-7-10(9(3)15)12(16)8-13(11)17/h7-8,16-17H,5-6H2,1-4H3. The molecule has 0 saturated heterocycles. The van der Waals surface area contributed by atoms with Crippen LogP contribution >= 0.6 is 0 Å². The topological polar surface area (TPSA) is 57.5 Å². The van der Waals surface area contributed by atoms with Gasteiger partial charge < -0.3 is 10.2 Å². The van der Waals surface area contributed by atoms with Gasteiger partial charge >= 0.3 is 0 Å². The number of carbonyl (C=O) groups is 1. The number of phenols is 2. The maximum absolute atomic E-state index is 11.4. The molecule has 0 aliphatic rings. The Balaban J connectivity index is 3.44. The van der Waals surface area contributed by atoms with Crippen molar-refractivity contribution in [2.75, 3.05) is 0 Å². The van der Waals surface area contributed by atoms with Crippen LogP contribution in [0.1, 0.15) is 56.5 Å². The molecule has 0 aliphatic heterocycles. The predicted octanol–water partition coefficient (Wildman–Crippen LogP) is 3.38. The van der Waals surface area contributed by atoms with Gasteiger partial charge in [0.1, 0.15) is 11.5 Å². The fourth-order valence-electron chi connectivity index (χ4n) is 1.97. The zero-order valence-corrected chi connectivity index (χ0v) is 10.9. The molecule has 1 aromatic rings. The van der Waals surface area contributed by atoms with Gasteiger partial charge in [-0.05, 0) is 31.2 Å². The number of benzene rings is 1. The van der Waals surface area contributed by atoms with E-state index in [0.29, 0.717) is 0 Å². The van der Waals surface area contributed by atoms with Gasteiger partial charge in [0, 0.05) is 11.6 Å². The smallest absolute Gasteiger partial charge is 0.163 e. The third-order valence-corrected chi connectivity index (χ3v) is 3.70. The Morgan fingerprint density at radius 2 is 1.71 bits per heavy atom. The number of ketones is 1. The number of carbonyl (C=O) groups excluding carboxylic acids is 1. The number of aromatic hydroxyl groups is 2. The van der Waals surface area contributed by atoms with E-state index in [1.54, 1.807) is 6.07 Å². The van der Waals surface area contributed by atoms with Crippen molar-refractivity contribution in [3.05, 3.63) is 23.3 Å². The normalized spacial score (nSPS) is 11.5. The third-order valence-electron chi connectivity index (χ3n) is 3.70. The zero-order valence-electron chi connectivity index (χ0n) is 10.9. The average molecular weight is 236 g/mol. The summed E-state index contributed by atoms with van der Waals surface area (Å²) in [6.07, 6.45) is 1.72. The van der Waals surface area contributed by atoms with Gasteiger partial charge in [-0.2, -0.15) is 0 Å². The van der Waals surface area contributed by atoms with Gasteiger partial charge in [-0.1, -0.05) is 20.8 Å². The first-order valence-corrected chi connectivity index (χ1v) is 5.93. The Hall–Kier alpha value is -1.51. The van der Waals surface area contributed by atoms with Gasteiger partial charge in [0.05, 0.1) is 5.56 Å². The highest BCUT2D eigenvalue weighted by Crippen LogP contribution is 2.39. The number of hydrogen-bond acceptors (Lipinski definition) is 3. The van der Waals surface area contributed by atoms with E-state index >= 15 is 0 Å². The summed E-state index contributed by atoms with van der Waals surface area (Å²) in [7, 11) is 0. The summed E-state index contributed by atoms with van der Waals surface area (Å²) in [6.45, 7) is 7.54. The van der Waals surface area contributed by atoms with Gasteiger partial charge in [0.2, 0.25) is 0 Å². The second-order valence-electron chi connectivity index (χ2n) is 4.71. The van der Waals surface area contributed by atoms with E-state index in [0.717, 1.165) is 18.4 Å². The third kappa shape index (κ3) is 2.43. The average Bonchev–Trinajstić information content (AvgIpc) is 2.27. The first-order valence-electron chi connectivity index (χ1n) is 5.93. The molecule has 1 aromatic carbocycles. The highest BCUT2D eigenvalue weighted by atomic mass is 16.3. The number of Topliss-reactive ketones (excluding diaryl/α,β-unsaturated/α-hetero) is 1. The van der Waals surface area contributed by atoms with Gasteiger partial charge in [-0.3, -0.25) is 4.79 Å². The molecule has 0 fully saturated rings. The molecule has 0 saturated carbocycles. The number of hydrogen-bond donors (Lipinski definition) is 2. The van der Waals surface area contributed by atoms with Gasteiger partial charge in [0.15, 0.2) is 5.78 Å². The molecule has 0 spiro atoms. The van der Waals surface area contributed by atoms with Gasteiger partial charge in [0.25, 0.3) is 0 Å². The molecule has 0 bridgehead atoms. The highest BCUT2D eigenvalue weighted by Gasteiger charge is 2.27. The molecule has 0 atom stereocenters. The van der Waals surface area contributed by atoms with Gasteiger partial charge in [-0.25, -0.2) is 0 Å². The molecule has 0 amide bonds. The van der Waals surface area contributed by atoms with Crippen LogP contribution in [0.3, 0.4) is 0 Å². The van der Waals surface area contributed by atoms with Crippen LogP contribution in [0.2, 0.25) is 0 Å². The van der Waals surface area contributed by atoms with Crippen molar-refractivity contribution in [2.45, 2.75) is 46.0 Å². The summed E-state index contributed by atoms with van der Waals surface area (Å²) in [6, 6.07) is 2.87. The molecule has 0 unspecified atom stereocenters. The second kappa shape index (κ2) is 4.78. The lowest BCUT2D eigenvalue weighted by Crippen LogP contribution is -2.20. The lowest BCUT2D eigenvalue weighted by Gasteiger charge is -2.28. The largest absolute Gasteiger partial charge is 0.508 e. The van der Waals surface area contributed by atoms with Crippen LogP contribution in [-0.4, -0.2) is 16.0 Å². The van der Waals surface area contributed by atoms with Crippen molar-refractivity contribution >= 4 is 5.78 Å². The van der Waals surface area contributed by atoms with Crippen LogP contribution in [0.4, 0.5) is 0 Å². The van der Waals surface area contributed by atoms with Crippen molar-refractivity contribution < 1.29 is 15.0 Å². The minimum atomic E-state index is -0.196. The Kier molecular flexibility index (Phi) is 3.81. The van der Waals surface area contributed by atoms with E-state index in [2.05, 4.69) is 0 Å². The lowest BCUT2D eigenvalue weighted by molar-refractivity contribution is 0.101. The summed E-state index contributed by atoms with van der Waals surface area (Å²) in [5.41, 5.74) is 0.818. The first kappa shape index (κ1) is 13.6. The minimum absolute atomic E-state index is 0.0544. The van der Waals surface area contributed by atoms with E-state index < -0.39 is 0 Å². The van der Waals surface area contributed by atoms with E-state index in [-0.39, 0.29) is 28.3 Å². The lowest BCUT2D eigenvalue weighted by atomic mass is 9.76. The Bertz CT molecular complexity index is 431.